The lowest BCUT2D eigenvalue weighted by Crippen LogP contribution is -2.16. The van der Waals surface area contributed by atoms with Crippen LogP contribution in [-0.4, -0.2) is 16.7 Å². The number of fused-ring (bicyclic) bond motifs is 1. The molecule has 2 aromatic rings. The van der Waals surface area contributed by atoms with Gasteiger partial charge in [0.15, 0.2) is 11.6 Å². The molecule has 2 aromatic carbocycles. The second kappa shape index (κ2) is 4.55. The van der Waals surface area contributed by atoms with Crippen LogP contribution < -0.4 is 0 Å². The maximum atomic E-state index is 12.6. The van der Waals surface area contributed by atoms with E-state index in [9.17, 15) is 14.7 Å². The maximum Gasteiger partial charge on any atom is 0.178 e. The summed E-state index contributed by atoms with van der Waals surface area (Å²) >= 11 is 0. The maximum absolute atomic E-state index is 12.6. The van der Waals surface area contributed by atoms with Gasteiger partial charge in [0.1, 0.15) is 11.7 Å². The molecule has 0 aliphatic heterocycles. The van der Waals surface area contributed by atoms with Crippen molar-refractivity contribution in [1.29, 1.82) is 0 Å². The fraction of sp³-hybridized carbons (Fsp3) is 0.222. The number of hydrogen-bond acceptors (Lipinski definition) is 3. The first-order valence-electron chi connectivity index (χ1n) is 6.90. The number of carbonyl (C=O) groups excluding carboxylic acids is 2. The number of Topliss-reactive ketones (excluding diaryl/α,β-unsaturated/α-hetero) is 2. The molecule has 0 unspecified atom stereocenters. The number of phenols is 1. The second-order valence-electron chi connectivity index (χ2n) is 5.60. The summed E-state index contributed by atoms with van der Waals surface area (Å²) in [5.74, 6) is -1.02. The van der Waals surface area contributed by atoms with Crippen LogP contribution in [0.15, 0.2) is 30.3 Å². The van der Waals surface area contributed by atoms with Gasteiger partial charge in [0.05, 0.1) is 0 Å². The second-order valence-corrected chi connectivity index (χ2v) is 5.60. The molecular weight excluding hydrogens is 264 g/mol. The summed E-state index contributed by atoms with van der Waals surface area (Å²) in [6.45, 7) is 5.44. The lowest BCUT2D eigenvalue weighted by atomic mass is 9.86. The summed E-state index contributed by atoms with van der Waals surface area (Å²) in [6, 6.07) is 8.72. The van der Waals surface area contributed by atoms with E-state index < -0.39 is 5.92 Å². The molecule has 106 valence electrons. The van der Waals surface area contributed by atoms with Crippen LogP contribution in [-0.2, 0) is 0 Å². The zero-order chi connectivity index (χ0) is 15.3. The van der Waals surface area contributed by atoms with Crippen LogP contribution in [0, 0.1) is 20.8 Å². The highest BCUT2D eigenvalue weighted by Gasteiger charge is 2.41. The van der Waals surface area contributed by atoms with E-state index in [2.05, 4.69) is 0 Å². The Morgan fingerprint density at radius 3 is 1.95 bits per heavy atom. The van der Waals surface area contributed by atoms with Crippen LogP contribution in [0.1, 0.15) is 48.9 Å². The zero-order valence-corrected chi connectivity index (χ0v) is 12.2. The number of phenolic OH excluding ortho intramolecular Hbond substituents is 1. The highest BCUT2D eigenvalue weighted by atomic mass is 16.3. The van der Waals surface area contributed by atoms with E-state index in [1.807, 2.05) is 19.9 Å². The average molecular weight is 280 g/mol. The Balaban J connectivity index is 2.23. The van der Waals surface area contributed by atoms with Gasteiger partial charge in [-0.05, 0) is 43.0 Å². The largest absolute Gasteiger partial charge is 0.507 e. The molecule has 21 heavy (non-hydrogen) atoms. The van der Waals surface area contributed by atoms with Crippen LogP contribution in [0.2, 0.25) is 0 Å². The minimum absolute atomic E-state index is 0.159. The van der Waals surface area contributed by atoms with Gasteiger partial charge in [0, 0.05) is 11.1 Å². The SMILES string of the molecule is Cc1cc(C)c(C2C(=O)c3ccccc3C2=O)c(C)c1O. The van der Waals surface area contributed by atoms with Crippen LogP contribution in [0.25, 0.3) is 0 Å². The molecule has 0 saturated carbocycles. The first-order chi connectivity index (χ1) is 9.93. The Labute approximate surface area is 123 Å². The van der Waals surface area contributed by atoms with Crippen molar-refractivity contribution in [2.75, 3.05) is 0 Å². The first kappa shape index (κ1) is 13.6. The Morgan fingerprint density at radius 1 is 0.905 bits per heavy atom. The summed E-state index contributed by atoms with van der Waals surface area (Å²) in [4.78, 5) is 25.2. The topological polar surface area (TPSA) is 54.4 Å². The van der Waals surface area contributed by atoms with Gasteiger partial charge in [0.2, 0.25) is 0 Å². The van der Waals surface area contributed by atoms with E-state index >= 15 is 0 Å². The molecule has 0 aromatic heterocycles. The summed E-state index contributed by atoms with van der Waals surface area (Å²) in [5, 5.41) is 10.1. The smallest absolute Gasteiger partial charge is 0.178 e. The number of aromatic hydroxyl groups is 1. The van der Waals surface area contributed by atoms with E-state index in [1.165, 1.54) is 0 Å². The molecule has 0 radical (unpaired) electrons. The van der Waals surface area contributed by atoms with Crippen molar-refractivity contribution in [2.24, 2.45) is 0 Å². The lowest BCUT2D eigenvalue weighted by molar-refractivity contribution is 0.0889. The van der Waals surface area contributed by atoms with Gasteiger partial charge in [-0.1, -0.05) is 30.3 Å². The third-order valence-electron chi connectivity index (χ3n) is 4.26. The third kappa shape index (κ3) is 1.81. The summed E-state index contributed by atoms with van der Waals surface area (Å²) in [5.41, 5.74) is 3.83. The van der Waals surface area contributed by atoms with Crippen molar-refractivity contribution >= 4 is 11.6 Å². The van der Waals surface area contributed by atoms with E-state index in [4.69, 9.17) is 0 Å². The molecule has 0 heterocycles. The Bertz CT molecular complexity index is 752. The molecule has 0 fully saturated rings. The fourth-order valence-electron chi connectivity index (χ4n) is 3.24. The summed E-state index contributed by atoms with van der Waals surface area (Å²) < 4.78 is 0. The van der Waals surface area contributed by atoms with Crippen molar-refractivity contribution in [3.05, 3.63) is 63.7 Å². The van der Waals surface area contributed by atoms with Gasteiger partial charge >= 0.3 is 0 Å². The van der Waals surface area contributed by atoms with Crippen molar-refractivity contribution in [3.63, 3.8) is 0 Å². The monoisotopic (exact) mass is 280 g/mol. The Kier molecular flexibility index (Phi) is 2.94. The first-order valence-corrected chi connectivity index (χ1v) is 6.90. The molecule has 3 rings (SSSR count). The molecule has 0 bridgehead atoms. The van der Waals surface area contributed by atoms with Crippen molar-refractivity contribution < 1.29 is 14.7 Å². The lowest BCUT2D eigenvalue weighted by Gasteiger charge is -2.17. The summed E-state index contributed by atoms with van der Waals surface area (Å²) in [7, 11) is 0. The van der Waals surface area contributed by atoms with Crippen molar-refractivity contribution in [1.82, 2.24) is 0 Å². The van der Waals surface area contributed by atoms with E-state index in [1.54, 1.807) is 31.2 Å². The molecule has 3 nitrogen and oxygen atoms in total. The van der Waals surface area contributed by atoms with Crippen LogP contribution in [0.4, 0.5) is 0 Å². The highest BCUT2D eigenvalue weighted by Crippen LogP contribution is 2.40. The van der Waals surface area contributed by atoms with Crippen LogP contribution >= 0.6 is 0 Å². The van der Waals surface area contributed by atoms with Crippen LogP contribution in [0.5, 0.6) is 5.75 Å². The van der Waals surface area contributed by atoms with Gasteiger partial charge in [-0.2, -0.15) is 0 Å². The van der Waals surface area contributed by atoms with Gasteiger partial charge in [-0.25, -0.2) is 0 Å². The third-order valence-corrected chi connectivity index (χ3v) is 4.26. The molecular formula is C18H16O3. The average Bonchev–Trinajstić information content (AvgIpc) is 2.71. The number of carbonyl (C=O) groups is 2. The number of benzene rings is 2. The summed E-state index contributed by atoms with van der Waals surface area (Å²) in [6.07, 6.45) is 0. The van der Waals surface area contributed by atoms with Gasteiger partial charge < -0.3 is 5.11 Å². The molecule has 1 N–H and O–H groups in total. The minimum atomic E-state index is -0.825. The normalized spacial score (nSPS) is 14.6. The van der Waals surface area contributed by atoms with Crippen molar-refractivity contribution in [3.8, 4) is 5.75 Å². The van der Waals surface area contributed by atoms with Crippen molar-refractivity contribution in [2.45, 2.75) is 26.7 Å². The highest BCUT2D eigenvalue weighted by molar-refractivity contribution is 6.30. The standard InChI is InChI=1S/C18H16O3/c1-9-8-10(2)16(19)11(3)14(9)15-17(20)12-6-4-5-7-13(12)18(15)21/h4-8,15,19H,1-3H3. The number of rotatable bonds is 1. The Hall–Kier alpha value is -2.42. The van der Waals surface area contributed by atoms with Gasteiger partial charge in [-0.15, -0.1) is 0 Å². The van der Waals surface area contributed by atoms with Crippen LogP contribution in [0.3, 0.4) is 0 Å². The van der Waals surface area contributed by atoms with E-state index in [0.29, 0.717) is 22.3 Å². The van der Waals surface area contributed by atoms with E-state index in [-0.39, 0.29) is 17.3 Å². The van der Waals surface area contributed by atoms with Gasteiger partial charge in [-0.3, -0.25) is 9.59 Å². The number of hydrogen-bond donors (Lipinski definition) is 1. The predicted molar refractivity (Wildman–Crippen MR) is 80.2 cm³/mol. The zero-order valence-electron chi connectivity index (χ0n) is 12.2. The Morgan fingerprint density at radius 2 is 1.43 bits per heavy atom. The van der Waals surface area contributed by atoms with E-state index in [0.717, 1.165) is 11.1 Å². The molecule has 0 atom stereocenters. The molecule has 3 heteroatoms. The molecule has 0 amide bonds. The number of ketones is 2. The fourth-order valence-corrected chi connectivity index (χ4v) is 3.24. The minimum Gasteiger partial charge on any atom is -0.507 e. The predicted octanol–water partition coefficient (Wildman–Crippen LogP) is 3.48. The van der Waals surface area contributed by atoms with Gasteiger partial charge in [0.25, 0.3) is 0 Å². The quantitative estimate of drug-likeness (QED) is 0.814. The number of aryl methyl sites for hydroxylation is 2. The molecule has 0 saturated heterocycles. The molecule has 1 aliphatic rings. The molecule has 0 spiro atoms. The molecule has 1 aliphatic carbocycles.